The normalized spacial score (nSPS) is 11.1. The molecule has 0 aliphatic carbocycles. The van der Waals surface area contributed by atoms with Gasteiger partial charge in [-0.05, 0) is 139 Å². The van der Waals surface area contributed by atoms with Gasteiger partial charge < -0.3 is 10.6 Å². The van der Waals surface area contributed by atoms with Crippen molar-refractivity contribution in [1.82, 2.24) is 0 Å². The van der Waals surface area contributed by atoms with E-state index >= 15 is 0 Å². The fraction of sp³-hybridized carbons (Fsp3) is 0.286. The van der Waals surface area contributed by atoms with E-state index in [0.29, 0.717) is 11.4 Å². The highest BCUT2D eigenvalue weighted by atomic mass is 79.9. The van der Waals surface area contributed by atoms with Crippen molar-refractivity contribution in [3.05, 3.63) is 154 Å². The Morgan fingerprint density at radius 3 is 1.26 bits per heavy atom. The highest BCUT2D eigenvalue weighted by Gasteiger charge is 2.26. The first-order valence-corrected chi connectivity index (χ1v) is 19.1. The smallest absolute Gasteiger partial charge is 0.402 e. The van der Waals surface area contributed by atoms with Crippen LogP contribution >= 0.6 is 63.7 Å². The fourth-order valence-electron chi connectivity index (χ4n) is 5.94. The van der Waals surface area contributed by atoms with E-state index in [9.17, 15) is 10.9 Å². The summed E-state index contributed by atoms with van der Waals surface area (Å²) in [7, 11) is 0. The van der Waals surface area contributed by atoms with Crippen molar-refractivity contribution in [3.8, 4) is 0 Å². The highest BCUT2D eigenvalue weighted by Crippen LogP contribution is 2.32. The van der Waals surface area contributed by atoms with Gasteiger partial charge in [0.1, 0.15) is 0 Å². The predicted octanol–water partition coefficient (Wildman–Crippen LogP) is 11.1. The number of aryl methyl sites for hydroxylation is 4. The Bertz CT molecular complexity index is 2400. The van der Waals surface area contributed by atoms with Crippen LogP contribution in [0.3, 0.4) is 0 Å². The van der Waals surface area contributed by atoms with Crippen molar-refractivity contribution < 1.29 is 0 Å². The van der Waals surface area contributed by atoms with Crippen LogP contribution in [0.15, 0.2) is 83.0 Å². The Balaban J connectivity index is 1.90. The lowest BCUT2D eigenvalue weighted by Crippen LogP contribution is -2.17. The first-order valence-electron chi connectivity index (χ1n) is 16.0. The topological polar surface area (TPSA) is 62.8 Å². The molecule has 0 aliphatic rings. The fourth-order valence-corrected chi connectivity index (χ4v) is 9.06. The van der Waals surface area contributed by atoms with Gasteiger partial charge in [-0.2, -0.15) is 0 Å². The Labute approximate surface area is 328 Å². The number of halogens is 4. The van der Waals surface area contributed by atoms with Crippen LogP contribution in [-0.2, 0) is 10.8 Å². The number of hydrogen-bond acceptors (Lipinski definition) is 2. The minimum Gasteiger partial charge on any atom is -0.706 e. The Kier molecular flexibility index (Phi) is 12.2. The molecule has 4 nitrogen and oxygen atoms in total. The molecule has 0 saturated carbocycles. The van der Waals surface area contributed by atoms with Crippen LogP contribution in [0.1, 0.15) is 86.1 Å². The predicted molar refractivity (Wildman–Crippen MR) is 221 cm³/mol. The lowest BCUT2D eigenvalue weighted by atomic mass is 9.83. The van der Waals surface area contributed by atoms with Crippen molar-refractivity contribution >= 4 is 86.6 Å². The lowest BCUT2D eigenvalue weighted by molar-refractivity contribution is 0.589. The highest BCUT2D eigenvalue weighted by molar-refractivity contribution is 9.11. The van der Waals surface area contributed by atoms with Crippen molar-refractivity contribution in [2.24, 2.45) is 5.11 Å². The maximum Gasteiger partial charge on any atom is 0.402 e. The van der Waals surface area contributed by atoms with E-state index in [4.69, 9.17) is 0 Å². The monoisotopic (exact) mass is 914 g/mol. The molecule has 4 aromatic rings. The second kappa shape index (κ2) is 15.5. The van der Waals surface area contributed by atoms with Gasteiger partial charge in [-0.3, -0.25) is 0 Å². The molecular weight excluding hydrogens is 880 g/mol. The molecule has 8 heteroatoms. The summed E-state index contributed by atoms with van der Waals surface area (Å²) in [5.74, 6) is 0. The SMILES string of the molecule is Cc1cc(C(C)(C)C)cc(C)c1C(N=[N-])=c1c(Br)cc(=C=C=C=C=c2cc(Br)c(=C([N+]#N)c3c(C)cc(C(C)(C)C)cc3C)c(Br)c2)cc1Br. The molecule has 0 amide bonds. The standard InChI is InChI=1S/C42H38Br4N4/c1-23-15-29(41(5,6)7)16-24(2)35(23)39(49-47)37-31(43)19-27(20-32(37)44)13-11-12-14-28-21-33(45)38(34(46)22-28)40(50-48)36-25(3)17-30(18-26(36)4)42(8,9)10/h15-22H,1-10H3. The van der Waals surface area contributed by atoms with Crippen LogP contribution in [0.25, 0.3) is 33.4 Å². The van der Waals surface area contributed by atoms with Gasteiger partial charge in [0.05, 0.1) is 16.5 Å². The molecule has 0 bridgehead atoms. The zero-order chi connectivity index (χ0) is 37.3. The average molecular weight is 918 g/mol. The molecule has 50 heavy (non-hydrogen) atoms. The molecule has 4 rings (SSSR count). The molecule has 0 aromatic heterocycles. The van der Waals surface area contributed by atoms with Gasteiger partial charge in [-0.1, -0.05) is 109 Å². The summed E-state index contributed by atoms with van der Waals surface area (Å²) in [5, 5.41) is 16.9. The average Bonchev–Trinajstić information content (AvgIpc) is 2.99. The molecular formula is C42H38Br4N4. The molecule has 0 N–H and O–H groups in total. The minimum atomic E-state index is 0.00142. The van der Waals surface area contributed by atoms with E-state index in [1.807, 2.05) is 52.0 Å². The largest absolute Gasteiger partial charge is 0.706 e. The number of rotatable bonds is 3. The van der Waals surface area contributed by atoms with E-state index in [-0.39, 0.29) is 10.8 Å². The quantitative estimate of drug-likeness (QED) is 0.115. The van der Waals surface area contributed by atoms with E-state index in [2.05, 4.69) is 163 Å². The third-order valence-electron chi connectivity index (χ3n) is 8.51. The van der Waals surface area contributed by atoms with Gasteiger partial charge in [-0.25, -0.2) is 0 Å². The van der Waals surface area contributed by atoms with Gasteiger partial charge >= 0.3 is 5.70 Å². The summed E-state index contributed by atoms with van der Waals surface area (Å²) >= 11 is 14.8. The van der Waals surface area contributed by atoms with Crippen molar-refractivity contribution in [2.75, 3.05) is 0 Å². The number of hydrogen-bond donors (Lipinski definition) is 0. The summed E-state index contributed by atoms with van der Waals surface area (Å²) in [6.45, 7) is 21.3. The molecule has 0 unspecified atom stereocenters. The molecule has 0 saturated heterocycles. The Morgan fingerprint density at radius 1 is 0.600 bits per heavy atom. The van der Waals surface area contributed by atoms with Crippen LogP contribution < -0.4 is 20.9 Å². The van der Waals surface area contributed by atoms with Gasteiger partial charge in [0, 0.05) is 39.1 Å². The van der Waals surface area contributed by atoms with E-state index in [0.717, 1.165) is 72.1 Å². The van der Waals surface area contributed by atoms with Crippen LogP contribution in [0.2, 0.25) is 0 Å². The van der Waals surface area contributed by atoms with Crippen molar-refractivity contribution in [3.63, 3.8) is 0 Å². The summed E-state index contributed by atoms with van der Waals surface area (Å²) in [6, 6.07) is 16.2. The van der Waals surface area contributed by atoms with Crippen LogP contribution in [-0.4, -0.2) is 0 Å². The third kappa shape index (κ3) is 8.58. The Morgan fingerprint density at radius 2 is 0.940 bits per heavy atom. The summed E-state index contributed by atoms with van der Waals surface area (Å²) in [4.78, 5) is 3.75. The summed E-state index contributed by atoms with van der Waals surface area (Å²) in [5.41, 5.74) is 31.7. The number of diazo groups is 1. The van der Waals surface area contributed by atoms with Gasteiger partial charge in [0.15, 0.2) is 4.98 Å². The zero-order valence-electron chi connectivity index (χ0n) is 29.9. The molecule has 4 aromatic carbocycles. The van der Waals surface area contributed by atoms with Crippen molar-refractivity contribution in [2.45, 2.75) is 80.1 Å². The Hall–Kier alpha value is -3.32. The zero-order valence-corrected chi connectivity index (χ0v) is 36.3. The summed E-state index contributed by atoms with van der Waals surface area (Å²) < 4.78 is 2.94. The molecule has 0 spiro atoms. The molecule has 0 aliphatic heterocycles. The first kappa shape index (κ1) is 39.5. The van der Waals surface area contributed by atoms with Crippen LogP contribution in [0, 0.1) is 33.1 Å². The second-order valence-electron chi connectivity index (χ2n) is 14.5. The van der Waals surface area contributed by atoms with Gasteiger partial charge in [0.25, 0.3) is 0 Å². The van der Waals surface area contributed by atoms with E-state index in [1.54, 1.807) is 0 Å². The van der Waals surface area contributed by atoms with Crippen LogP contribution in [0.4, 0.5) is 0 Å². The molecule has 254 valence electrons. The third-order valence-corrected chi connectivity index (χ3v) is 11.0. The molecule has 0 fully saturated rings. The van der Waals surface area contributed by atoms with Gasteiger partial charge in [0.2, 0.25) is 5.39 Å². The van der Waals surface area contributed by atoms with Crippen molar-refractivity contribution in [1.29, 1.82) is 5.39 Å². The van der Waals surface area contributed by atoms with Crippen LogP contribution in [0.5, 0.6) is 0 Å². The molecule has 0 radical (unpaired) electrons. The summed E-state index contributed by atoms with van der Waals surface area (Å²) in [6.07, 6.45) is 0. The lowest BCUT2D eigenvalue weighted by Gasteiger charge is -2.23. The number of benzene rings is 4. The molecule has 0 heterocycles. The first-order chi connectivity index (χ1) is 23.3. The maximum atomic E-state index is 10.2. The molecule has 0 atom stereocenters. The maximum absolute atomic E-state index is 10.2. The van der Waals surface area contributed by atoms with E-state index in [1.165, 1.54) is 11.1 Å². The van der Waals surface area contributed by atoms with Gasteiger partial charge in [-0.15, -0.1) is 0 Å². The second-order valence-corrected chi connectivity index (χ2v) is 17.9. The van der Waals surface area contributed by atoms with E-state index < -0.39 is 0 Å². The minimum absolute atomic E-state index is 0.00142. The number of nitrogens with zero attached hydrogens (tertiary/aromatic N) is 4.